The van der Waals surface area contributed by atoms with E-state index in [1.54, 1.807) is 13.0 Å². The Bertz CT molecular complexity index is 1080. The van der Waals surface area contributed by atoms with Gasteiger partial charge >= 0.3 is 6.18 Å². The van der Waals surface area contributed by atoms with E-state index < -0.39 is 28.7 Å². The molecular formula is C20H21F3N2O5S. The third-order valence-electron chi connectivity index (χ3n) is 4.39. The number of anilines is 1. The van der Waals surface area contributed by atoms with Crippen LogP contribution in [0.2, 0.25) is 0 Å². The number of amides is 1. The highest BCUT2D eigenvalue weighted by Crippen LogP contribution is 2.31. The second-order valence-electron chi connectivity index (χ2n) is 7.12. The number of nitrogens with one attached hydrogen (secondary N) is 2. The minimum atomic E-state index is -4.54. The van der Waals surface area contributed by atoms with Crippen molar-refractivity contribution in [3.05, 3.63) is 47.5 Å². The predicted molar refractivity (Wildman–Crippen MR) is 107 cm³/mol. The Morgan fingerprint density at radius 3 is 2.45 bits per heavy atom. The normalized spacial score (nSPS) is 14.2. The standard InChI is InChI=1S/C20H21F3N2O5S/c1-12-3-7-15(17(9-12)30-11-20(21,22)23)24-19(26)13-4-8-16(29-2)18(10-13)31(27,28)25-14-5-6-14/h3-4,7-10,14,25H,5-6,11H2,1-2H3,(H,24,26). The summed E-state index contributed by atoms with van der Waals surface area (Å²) in [5.41, 5.74) is 0.648. The van der Waals surface area contributed by atoms with Gasteiger partial charge in [0.05, 0.1) is 12.8 Å². The number of rotatable bonds is 8. The van der Waals surface area contributed by atoms with E-state index in [4.69, 9.17) is 9.47 Å². The fourth-order valence-electron chi connectivity index (χ4n) is 2.72. The molecular weight excluding hydrogens is 437 g/mol. The molecule has 2 aromatic rings. The molecule has 1 aliphatic rings. The maximum atomic E-state index is 12.7. The first-order valence-corrected chi connectivity index (χ1v) is 10.8. The Hall–Kier alpha value is -2.79. The summed E-state index contributed by atoms with van der Waals surface area (Å²) in [4.78, 5) is 12.5. The van der Waals surface area contributed by atoms with Gasteiger partial charge in [-0.3, -0.25) is 4.79 Å². The van der Waals surface area contributed by atoms with Crippen LogP contribution < -0.4 is 19.5 Å². The van der Waals surface area contributed by atoms with Gasteiger partial charge in [-0.2, -0.15) is 13.2 Å². The van der Waals surface area contributed by atoms with Crippen LogP contribution in [0.25, 0.3) is 0 Å². The number of halogens is 3. The van der Waals surface area contributed by atoms with Crippen LogP contribution in [-0.4, -0.2) is 40.3 Å². The van der Waals surface area contributed by atoms with Crippen molar-refractivity contribution in [1.29, 1.82) is 0 Å². The topological polar surface area (TPSA) is 93.7 Å². The van der Waals surface area contributed by atoms with Gasteiger partial charge in [0.1, 0.15) is 16.4 Å². The molecule has 0 bridgehead atoms. The monoisotopic (exact) mass is 458 g/mol. The van der Waals surface area contributed by atoms with Gasteiger partial charge in [-0.05, 0) is 55.7 Å². The molecule has 11 heteroatoms. The van der Waals surface area contributed by atoms with Crippen molar-refractivity contribution < 1.29 is 35.9 Å². The highest BCUT2D eigenvalue weighted by atomic mass is 32.2. The Kier molecular flexibility index (Phi) is 6.46. The fraction of sp³-hybridized carbons (Fsp3) is 0.350. The van der Waals surface area contributed by atoms with Gasteiger partial charge in [0.25, 0.3) is 5.91 Å². The molecule has 7 nitrogen and oxygen atoms in total. The van der Waals surface area contributed by atoms with Crippen LogP contribution in [0.4, 0.5) is 18.9 Å². The van der Waals surface area contributed by atoms with Gasteiger partial charge in [-0.1, -0.05) is 6.07 Å². The summed E-state index contributed by atoms with van der Waals surface area (Å²) in [5, 5.41) is 2.47. The minimum Gasteiger partial charge on any atom is -0.495 e. The molecule has 2 aromatic carbocycles. The van der Waals surface area contributed by atoms with Crippen molar-refractivity contribution in [2.24, 2.45) is 0 Å². The molecule has 0 aromatic heterocycles. The summed E-state index contributed by atoms with van der Waals surface area (Å²) in [6, 6.07) is 8.08. The SMILES string of the molecule is COc1ccc(C(=O)Nc2ccc(C)cc2OCC(F)(F)F)cc1S(=O)(=O)NC1CC1. The molecule has 0 atom stereocenters. The zero-order chi connectivity index (χ0) is 22.8. The Morgan fingerprint density at radius 2 is 1.84 bits per heavy atom. The average Bonchev–Trinajstić information content (AvgIpc) is 3.50. The second-order valence-corrected chi connectivity index (χ2v) is 8.80. The fourth-order valence-corrected chi connectivity index (χ4v) is 4.22. The lowest BCUT2D eigenvalue weighted by molar-refractivity contribution is -0.153. The number of hydrogen-bond donors (Lipinski definition) is 2. The first-order chi connectivity index (χ1) is 14.5. The van der Waals surface area contributed by atoms with Gasteiger partial charge in [0.2, 0.25) is 10.0 Å². The molecule has 1 fully saturated rings. The van der Waals surface area contributed by atoms with Gasteiger partial charge in [0, 0.05) is 11.6 Å². The van der Waals surface area contributed by atoms with Crippen molar-refractivity contribution in [3.8, 4) is 11.5 Å². The minimum absolute atomic E-state index is 0.0145. The number of carbonyl (C=O) groups excluding carboxylic acids is 1. The molecule has 1 amide bonds. The molecule has 0 heterocycles. The molecule has 31 heavy (non-hydrogen) atoms. The predicted octanol–water partition coefficient (Wildman–Crippen LogP) is 3.64. The zero-order valence-corrected chi connectivity index (χ0v) is 17.6. The summed E-state index contributed by atoms with van der Waals surface area (Å²) >= 11 is 0. The largest absolute Gasteiger partial charge is 0.495 e. The summed E-state index contributed by atoms with van der Waals surface area (Å²) in [6.07, 6.45) is -3.08. The van der Waals surface area contributed by atoms with E-state index >= 15 is 0 Å². The van der Waals surface area contributed by atoms with Crippen molar-refractivity contribution >= 4 is 21.6 Å². The Labute approximate surface area is 177 Å². The average molecular weight is 458 g/mol. The number of hydrogen-bond acceptors (Lipinski definition) is 5. The van der Waals surface area contributed by atoms with Crippen molar-refractivity contribution in [2.75, 3.05) is 19.0 Å². The van der Waals surface area contributed by atoms with Gasteiger partial charge in [-0.15, -0.1) is 0 Å². The summed E-state index contributed by atoms with van der Waals surface area (Å²) in [5.74, 6) is -0.803. The molecule has 3 rings (SSSR count). The number of ether oxygens (including phenoxy) is 2. The van der Waals surface area contributed by atoms with Gasteiger partial charge in [0.15, 0.2) is 6.61 Å². The van der Waals surface area contributed by atoms with Crippen LogP contribution in [0.3, 0.4) is 0 Å². The molecule has 0 saturated heterocycles. The van der Waals surface area contributed by atoms with Gasteiger partial charge < -0.3 is 14.8 Å². The summed E-state index contributed by atoms with van der Waals surface area (Å²) < 4.78 is 75.3. The van der Waals surface area contributed by atoms with E-state index in [1.165, 1.54) is 31.4 Å². The van der Waals surface area contributed by atoms with Crippen LogP contribution in [0.5, 0.6) is 11.5 Å². The molecule has 168 valence electrons. The van der Waals surface area contributed by atoms with Crippen LogP contribution >= 0.6 is 0 Å². The van der Waals surface area contributed by atoms with Crippen LogP contribution in [-0.2, 0) is 10.0 Å². The van der Waals surface area contributed by atoms with E-state index in [-0.39, 0.29) is 33.7 Å². The zero-order valence-electron chi connectivity index (χ0n) is 16.7. The second kappa shape index (κ2) is 8.75. The number of carbonyl (C=O) groups is 1. The van der Waals surface area contributed by atoms with E-state index in [2.05, 4.69) is 10.0 Å². The molecule has 1 aliphatic carbocycles. The highest BCUT2D eigenvalue weighted by Gasteiger charge is 2.31. The Morgan fingerprint density at radius 1 is 1.13 bits per heavy atom. The molecule has 0 radical (unpaired) electrons. The lowest BCUT2D eigenvalue weighted by Gasteiger charge is -2.15. The number of aryl methyl sites for hydroxylation is 1. The van der Waals surface area contributed by atoms with Crippen molar-refractivity contribution in [2.45, 2.75) is 36.9 Å². The van der Waals surface area contributed by atoms with Gasteiger partial charge in [-0.25, -0.2) is 13.1 Å². The van der Waals surface area contributed by atoms with E-state index in [0.29, 0.717) is 5.56 Å². The first kappa shape index (κ1) is 22.9. The third kappa shape index (κ3) is 6.11. The lowest BCUT2D eigenvalue weighted by Crippen LogP contribution is -2.26. The Balaban J connectivity index is 1.86. The quantitative estimate of drug-likeness (QED) is 0.630. The van der Waals surface area contributed by atoms with Crippen LogP contribution in [0.1, 0.15) is 28.8 Å². The number of benzene rings is 2. The maximum absolute atomic E-state index is 12.7. The van der Waals surface area contributed by atoms with Crippen LogP contribution in [0.15, 0.2) is 41.3 Å². The maximum Gasteiger partial charge on any atom is 0.422 e. The molecule has 0 aliphatic heterocycles. The first-order valence-electron chi connectivity index (χ1n) is 9.30. The lowest BCUT2D eigenvalue weighted by atomic mass is 10.1. The van der Waals surface area contributed by atoms with E-state index in [0.717, 1.165) is 18.9 Å². The molecule has 0 spiro atoms. The summed E-state index contributed by atoms with van der Waals surface area (Å²) in [6.45, 7) is 0.149. The highest BCUT2D eigenvalue weighted by molar-refractivity contribution is 7.89. The molecule has 1 saturated carbocycles. The van der Waals surface area contributed by atoms with Crippen LogP contribution in [0, 0.1) is 6.92 Å². The molecule has 0 unspecified atom stereocenters. The number of methoxy groups -OCH3 is 1. The van der Waals surface area contributed by atoms with E-state index in [1.807, 2.05) is 0 Å². The van der Waals surface area contributed by atoms with Crippen molar-refractivity contribution in [1.82, 2.24) is 4.72 Å². The van der Waals surface area contributed by atoms with E-state index in [9.17, 15) is 26.4 Å². The smallest absolute Gasteiger partial charge is 0.422 e. The number of sulfonamides is 1. The van der Waals surface area contributed by atoms with Crippen molar-refractivity contribution in [3.63, 3.8) is 0 Å². The summed E-state index contributed by atoms with van der Waals surface area (Å²) in [7, 11) is -2.60. The molecule has 2 N–H and O–H groups in total. The third-order valence-corrected chi connectivity index (χ3v) is 5.93. The number of alkyl halides is 3.